The summed E-state index contributed by atoms with van der Waals surface area (Å²) >= 11 is 5.74. The van der Waals surface area contributed by atoms with Crippen LogP contribution in [-0.4, -0.2) is 10.2 Å². The fraction of sp³-hybridized carbons (Fsp3) is 0.0588. The Morgan fingerprint density at radius 2 is 1.71 bits per heavy atom. The summed E-state index contributed by atoms with van der Waals surface area (Å²) < 4.78 is 0. The molecule has 4 heteroatoms. The van der Waals surface area contributed by atoms with Crippen LogP contribution in [0.5, 0.6) is 0 Å². The quantitative estimate of drug-likeness (QED) is 0.593. The molecule has 2 aromatic carbocycles. The summed E-state index contributed by atoms with van der Waals surface area (Å²) in [5.74, 6) is 0.690. The van der Waals surface area contributed by atoms with E-state index >= 15 is 0 Å². The summed E-state index contributed by atoms with van der Waals surface area (Å²) in [5, 5.41) is 11.5. The van der Waals surface area contributed by atoms with Crippen LogP contribution in [0.3, 0.4) is 0 Å². The molecule has 1 aliphatic rings. The molecule has 4 rings (SSSR count). The highest BCUT2D eigenvalue weighted by atomic mass is 35.5. The average molecular weight is 294 g/mol. The van der Waals surface area contributed by atoms with Crippen molar-refractivity contribution in [2.45, 2.75) is 6.42 Å². The minimum atomic E-state index is 0.393. The fourth-order valence-corrected chi connectivity index (χ4v) is 2.85. The van der Waals surface area contributed by atoms with Crippen molar-refractivity contribution in [3.8, 4) is 11.1 Å². The van der Waals surface area contributed by atoms with E-state index in [1.54, 1.807) is 6.07 Å². The first-order valence-corrected chi connectivity index (χ1v) is 7.15. The van der Waals surface area contributed by atoms with E-state index in [0.717, 1.165) is 12.1 Å². The Morgan fingerprint density at radius 1 is 0.857 bits per heavy atom. The molecule has 102 valence electrons. The summed E-state index contributed by atoms with van der Waals surface area (Å²) in [6.45, 7) is 0. The molecule has 0 spiro atoms. The molecule has 3 aromatic rings. The number of rotatable bonds is 2. The van der Waals surface area contributed by atoms with E-state index in [1.165, 1.54) is 22.3 Å². The van der Waals surface area contributed by atoms with Gasteiger partial charge in [-0.15, -0.1) is 10.2 Å². The van der Waals surface area contributed by atoms with Crippen LogP contribution in [0.4, 0.5) is 11.5 Å². The van der Waals surface area contributed by atoms with Gasteiger partial charge in [0.2, 0.25) is 0 Å². The molecule has 0 amide bonds. The zero-order valence-corrected chi connectivity index (χ0v) is 11.9. The van der Waals surface area contributed by atoms with Gasteiger partial charge in [0.1, 0.15) is 0 Å². The number of halogens is 1. The molecule has 0 radical (unpaired) electrons. The molecule has 1 aromatic heterocycles. The standard InChI is InChI=1S/C17H12ClN3/c18-16-7-8-17(21-20-16)19-13-5-6-15-12(10-13)9-11-3-1-2-4-14(11)15/h1-8,10H,9H2,(H,19,21). The van der Waals surface area contributed by atoms with Crippen molar-refractivity contribution < 1.29 is 0 Å². The van der Waals surface area contributed by atoms with Crippen LogP contribution in [0.25, 0.3) is 11.1 Å². The van der Waals surface area contributed by atoms with Crippen LogP contribution >= 0.6 is 11.6 Å². The van der Waals surface area contributed by atoms with Gasteiger partial charge in [-0.2, -0.15) is 0 Å². The van der Waals surface area contributed by atoms with Crippen LogP contribution in [-0.2, 0) is 6.42 Å². The number of nitrogens with one attached hydrogen (secondary N) is 1. The van der Waals surface area contributed by atoms with E-state index in [2.05, 4.69) is 58.0 Å². The Bertz CT molecular complexity index is 813. The molecule has 1 aliphatic carbocycles. The van der Waals surface area contributed by atoms with E-state index in [0.29, 0.717) is 11.0 Å². The van der Waals surface area contributed by atoms with E-state index in [1.807, 2.05) is 6.07 Å². The Hall–Kier alpha value is -2.39. The van der Waals surface area contributed by atoms with Crippen LogP contribution in [0.1, 0.15) is 11.1 Å². The molecular weight excluding hydrogens is 282 g/mol. The lowest BCUT2D eigenvalue weighted by molar-refractivity contribution is 1.04. The number of benzene rings is 2. The van der Waals surface area contributed by atoms with Crippen molar-refractivity contribution in [3.05, 3.63) is 70.9 Å². The van der Waals surface area contributed by atoms with Gasteiger partial charge in [0.25, 0.3) is 0 Å². The van der Waals surface area contributed by atoms with Crippen LogP contribution in [0.2, 0.25) is 5.15 Å². The van der Waals surface area contributed by atoms with E-state index in [-0.39, 0.29) is 0 Å². The van der Waals surface area contributed by atoms with Gasteiger partial charge in [-0.3, -0.25) is 0 Å². The predicted molar refractivity (Wildman–Crippen MR) is 85.0 cm³/mol. The minimum absolute atomic E-state index is 0.393. The first kappa shape index (κ1) is 12.4. The molecule has 1 heterocycles. The zero-order chi connectivity index (χ0) is 14.2. The normalized spacial score (nSPS) is 11.9. The maximum absolute atomic E-state index is 5.74. The third-order valence-electron chi connectivity index (χ3n) is 3.70. The van der Waals surface area contributed by atoms with Crippen molar-refractivity contribution in [2.24, 2.45) is 0 Å². The first-order valence-electron chi connectivity index (χ1n) is 6.77. The highest BCUT2D eigenvalue weighted by molar-refractivity contribution is 6.29. The highest BCUT2D eigenvalue weighted by Crippen LogP contribution is 2.37. The Balaban J connectivity index is 1.65. The molecule has 21 heavy (non-hydrogen) atoms. The van der Waals surface area contributed by atoms with E-state index < -0.39 is 0 Å². The van der Waals surface area contributed by atoms with Gasteiger partial charge < -0.3 is 5.32 Å². The van der Waals surface area contributed by atoms with Gasteiger partial charge in [-0.1, -0.05) is 41.9 Å². The van der Waals surface area contributed by atoms with E-state index in [9.17, 15) is 0 Å². The third kappa shape index (κ3) is 2.26. The van der Waals surface area contributed by atoms with Gasteiger partial charge in [-0.05, 0) is 52.9 Å². The van der Waals surface area contributed by atoms with Crippen molar-refractivity contribution in [2.75, 3.05) is 5.32 Å². The van der Waals surface area contributed by atoms with Gasteiger partial charge in [0.05, 0.1) is 0 Å². The highest BCUT2D eigenvalue weighted by Gasteiger charge is 2.17. The second kappa shape index (κ2) is 4.86. The van der Waals surface area contributed by atoms with Gasteiger partial charge in [0.15, 0.2) is 11.0 Å². The second-order valence-corrected chi connectivity index (χ2v) is 5.46. The largest absolute Gasteiger partial charge is 0.339 e. The Labute approximate surface area is 127 Å². The number of fused-ring (bicyclic) bond motifs is 3. The topological polar surface area (TPSA) is 37.8 Å². The van der Waals surface area contributed by atoms with Gasteiger partial charge in [-0.25, -0.2) is 0 Å². The zero-order valence-electron chi connectivity index (χ0n) is 11.2. The van der Waals surface area contributed by atoms with Crippen molar-refractivity contribution in [3.63, 3.8) is 0 Å². The smallest absolute Gasteiger partial charge is 0.153 e. The summed E-state index contributed by atoms with van der Waals surface area (Å²) in [4.78, 5) is 0. The summed E-state index contributed by atoms with van der Waals surface area (Å²) in [6.07, 6.45) is 0.979. The molecule has 0 saturated heterocycles. The monoisotopic (exact) mass is 293 g/mol. The molecule has 0 unspecified atom stereocenters. The molecule has 3 nitrogen and oxygen atoms in total. The van der Waals surface area contributed by atoms with Crippen LogP contribution in [0.15, 0.2) is 54.6 Å². The summed E-state index contributed by atoms with van der Waals surface area (Å²) in [7, 11) is 0. The average Bonchev–Trinajstić information content (AvgIpc) is 2.87. The lowest BCUT2D eigenvalue weighted by Gasteiger charge is -2.07. The number of anilines is 2. The summed E-state index contributed by atoms with van der Waals surface area (Å²) in [6, 6.07) is 18.5. The molecule has 1 N–H and O–H groups in total. The lowest BCUT2D eigenvalue weighted by atomic mass is 10.1. The van der Waals surface area contributed by atoms with E-state index in [4.69, 9.17) is 11.6 Å². The predicted octanol–water partition coefficient (Wildman–Crippen LogP) is 4.44. The molecular formula is C17H12ClN3. The number of hydrogen-bond acceptors (Lipinski definition) is 3. The van der Waals surface area contributed by atoms with Crippen molar-refractivity contribution in [1.82, 2.24) is 10.2 Å². The third-order valence-corrected chi connectivity index (χ3v) is 3.90. The lowest BCUT2D eigenvalue weighted by Crippen LogP contribution is -1.95. The molecule has 0 bridgehead atoms. The number of hydrogen-bond donors (Lipinski definition) is 1. The molecule has 0 fully saturated rings. The molecule has 0 saturated carbocycles. The maximum Gasteiger partial charge on any atom is 0.153 e. The second-order valence-electron chi connectivity index (χ2n) is 5.07. The molecule has 0 aliphatic heterocycles. The number of aromatic nitrogens is 2. The van der Waals surface area contributed by atoms with Crippen molar-refractivity contribution >= 4 is 23.1 Å². The van der Waals surface area contributed by atoms with Crippen LogP contribution in [0, 0.1) is 0 Å². The first-order chi connectivity index (χ1) is 10.3. The fourth-order valence-electron chi connectivity index (χ4n) is 2.75. The summed E-state index contributed by atoms with van der Waals surface area (Å²) in [5.41, 5.74) is 6.39. The Morgan fingerprint density at radius 3 is 2.57 bits per heavy atom. The Kier molecular flexibility index (Phi) is 2.86. The van der Waals surface area contributed by atoms with Gasteiger partial charge >= 0.3 is 0 Å². The maximum atomic E-state index is 5.74. The SMILES string of the molecule is Clc1ccc(Nc2ccc3c(c2)Cc2ccccc2-3)nn1. The van der Waals surface area contributed by atoms with Gasteiger partial charge in [0, 0.05) is 5.69 Å². The number of nitrogens with zero attached hydrogens (tertiary/aromatic N) is 2. The van der Waals surface area contributed by atoms with Crippen LogP contribution < -0.4 is 5.32 Å². The molecule has 0 atom stereocenters. The minimum Gasteiger partial charge on any atom is -0.339 e. The van der Waals surface area contributed by atoms with Crippen molar-refractivity contribution in [1.29, 1.82) is 0 Å².